The third-order valence-corrected chi connectivity index (χ3v) is 4.26. The van der Waals surface area contributed by atoms with E-state index in [9.17, 15) is 19.5 Å². The van der Waals surface area contributed by atoms with Crippen LogP contribution in [0.15, 0.2) is 24.3 Å². The predicted molar refractivity (Wildman–Crippen MR) is 89.6 cm³/mol. The van der Waals surface area contributed by atoms with Crippen LogP contribution in [0, 0.1) is 12.3 Å². The molecule has 1 aromatic carbocycles. The fourth-order valence-electron chi connectivity index (χ4n) is 2.64. The highest BCUT2D eigenvalue weighted by Gasteiger charge is 2.50. The van der Waals surface area contributed by atoms with Gasteiger partial charge in [0.05, 0.1) is 0 Å². The second-order valence-corrected chi connectivity index (χ2v) is 6.35. The van der Waals surface area contributed by atoms with Crippen molar-refractivity contribution in [2.45, 2.75) is 20.0 Å². The molecule has 0 saturated carbocycles. The van der Waals surface area contributed by atoms with E-state index in [-0.39, 0.29) is 32.1 Å². The number of ether oxygens (including phenoxy) is 1. The van der Waals surface area contributed by atoms with E-state index >= 15 is 0 Å². The summed E-state index contributed by atoms with van der Waals surface area (Å²) < 4.78 is 5.44. The number of aryl methyl sites for hydroxylation is 1. The van der Waals surface area contributed by atoms with Crippen molar-refractivity contribution < 1.29 is 24.2 Å². The van der Waals surface area contributed by atoms with Crippen LogP contribution in [0.5, 0.6) is 5.75 Å². The normalized spacial score (nSPS) is 16.5. The highest BCUT2D eigenvalue weighted by molar-refractivity contribution is 5.89. The third kappa shape index (κ3) is 4.27. The number of carbonyl (C=O) groups is 3. The van der Waals surface area contributed by atoms with Crippen molar-refractivity contribution in [3.63, 3.8) is 0 Å². The van der Waals surface area contributed by atoms with Gasteiger partial charge in [-0.05, 0) is 25.5 Å². The zero-order valence-electron chi connectivity index (χ0n) is 14.3. The van der Waals surface area contributed by atoms with E-state index in [4.69, 9.17) is 10.5 Å². The van der Waals surface area contributed by atoms with Crippen molar-refractivity contribution in [3.8, 4) is 5.75 Å². The number of carbonyl (C=O) groups excluding carboxylic acids is 3. The molecule has 4 N–H and O–H groups in total. The van der Waals surface area contributed by atoms with Gasteiger partial charge in [-0.2, -0.15) is 0 Å². The molecule has 8 heteroatoms. The molecule has 1 saturated heterocycles. The van der Waals surface area contributed by atoms with Crippen LogP contribution in [0.4, 0.5) is 0 Å². The molecule has 3 amide bonds. The zero-order chi connectivity index (χ0) is 18.6. The second-order valence-electron chi connectivity index (χ2n) is 6.35. The molecule has 8 nitrogen and oxygen atoms in total. The summed E-state index contributed by atoms with van der Waals surface area (Å²) in [5.41, 5.74) is 5.32. The lowest BCUT2D eigenvalue weighted by Gasteiger charge is -2.48. The maximum absolute atomic E-state index is 12.0. The predicted octanol–water partition coefficient (Wildman–Crippen LogP) is -0.815. The summed E-state index contributed by atoms with van der Waals surface area (Å²) in [5.74, 6) is -0.836. The number of hydrogen-bond acceptors (Lipinski definition) is 5. The van der Waals surface area contributed by atoms with Gasteiger partial charge in [-0.3, -0.25) is 14.4 Å². The van der Waals surface area contributed by atoms with Gasteiger partial charge in [0.1, 0.15) is 17.3 Å². The quantitative estimate of drug-likeness (QED) is 0.594. The Hall–Kier alpha value is -2.61. The van der Waals surface area contributed by atoms with Crippen LogP contribution in [0.3, 0.4) is 0 Å². The Kier molecular flexibility index (Phi) is 5.63. The Morgan fingerprint density at radius 3 is 2.56 bits per heavy atom. The fraction of sp³-hybridized carbons (Fsp3) is 0.471. The molecule has 1 fully saturated rings. The molecule has 1 aliphatic rings. The van der Waals surface area contributed by atoms with Crippen molar-refractivity contribution >= 4 is 17.7 Å². The molecule has 1 unspecified atom stereocenters. The molecule has 1 heterocycles. The number of nitrogens with zero attached hydrogens (tertiary/aromatic N) is 1. The Bertz CT molecular complexity index is 668. The Morgan fingerprint density at radius 1 is 1.36 bits per heavy atom. The number of nitrogens with one attached hydrogen (secondary N) is 1. The number of aliphatic hydroxyl groups excluding tert-OH is 1. The van der Waals surface area contributed by atoms with Gasteiger partial charge in [0.25, 0.3) is 11.8 Å². The monoisotopic (exact) mass is 349 g/mol. The van der Waals surface area contributed by atoms with Gasteiger partial charge in [-0.15, -0.1) is 0 Å². The van der Waals surface area contributed by atoms with Crippen LogP contribution in [0.1, 0.15) is 12.5 Å². The standard InChI is InChI=1S/C17H23N3O5/c1-11-5-3-4-6-13(11)25-7-14(22)19-8-17(16(18)24)9-20(10-17)15(23)12(2)21/h3-6,12,21H,7-10H2,1-2H3,(H2,18,24)(H,19,22). The van der Waals surface area contributed by atoms with Crippen LogP contribution in [0.2, 0.25) is 0 Å². The van der Waals surface area contributed by atoms with E-state index in [0.717, 1.165) is 5.56 Å². The highest BCUT2D eigenvalue weighted by Crippen LogP contribution is 2.30. The minimum Gasteiger partial charge on any atom is -0.484 e. The summed E-state index contributed by atoms with van der Waals surface area (Å²) >= 11 is 0. The third-order valence-electron chi connectivity index (χ3n) is 4.26. The van der Waals surface area contributed by atoms with Gasteiger partial charge in [0, 0.05) is 19.6 Å². The molecular weight excluding hydrogens is 326 g/mol. The van der Waals surface area contributed by atoms with E-state index in [1.165, 1.54) is 11.8 Å². The molecule has 2 rings (SSSR count). The van der Waals surface area contributed by atoms with E-state index in [0.29, 0.717) is 5.75 Å². The average Bonchev–Trinajstić information content (AvgIpc) is 2.52. The zero-order valence-corrected chi connectivity index (χ0v) is 14.3. The number of rotatable bonds is 7. The smallest absolute Gasteiger partial charge is 0.257 e. The first-order chi connectivity index (χ1) is 11.7. The number of likely N-dealkylation sites (tertiary alicyclic amines) is 1. The summed E-state index contributed by atoms with van der Waals surface area (Å²) in [5, 5.41) is 11.9. The van der Waals surface area contributed by atoms with E-state index in [2.05, 4.69) is 5.32 Å². The van der Waals surface area contributed by atoms with Gasteiger partial charge >= 0.3 is 0 Å². The number of amides is 3. The summed E-state index contributed by atoms with van der Waals surface area (Å²) in [6.07, 6.45) is -1.14. The molecule has 0 aliphatic carbocycles. The molecule has 1 aliphatic heterocycles. The highest BCUT2D eigenvalue weighted by atomic mass is 16.5. The lowest BCUT2D eigenvalue weighted by molar-refractivity contribution is -0.157. The molecular formula is C17H23N3O5. The summed E-state index contributed by atoms with van der Waals surface area (Å²) in [7, 11) is 0. The van der Waals surface area contributed by atoms with Crippen molar-refractivity contribution in [3.05, 3.63) is 29.8 Å². The maximum atomic E-state index is 12.0. The van der Waals surface area contributed by atoms with E-state index in [1.54, 1.807) is 6.07 Å². The lowest BCUT2D eigenvalue weighted by Crippen LogP contribution is -2.68. The minimum atomic E-state index is -1.14. The lowest BCUT2D eigenvalue weighted by atomic mass is 9.78. The van der Waals surface area contributed by atoms with Gasteiger partial charge in [0.15, 0.2) is 6.61 Å². The second kappa shape index (κ2) is 7.52. The van der Waals surface area contributed by atoms with Crippen molar-refractivity contribution in [2.24, 2.45) is 11.1 Å². The first kappa shape index (κ1) is 18.7. The first-order valence-electron chi connectivity index (χ1n) is 7.97. The summed E-state index contributed by atoms with van der Waals surface area (Å²) in [4.78, 5) is 36.7. The van der Waals surface area contributed by atoms with Gasteiger partial charge in [-0.25, -0.2) is 0 Å². The first-order valence-corrected chi connectivity index (χ1v) is 7.97. The topological polar surface area (TPSA) is 122 Å². The summed E-state index contributed by atoms with van der Waals surface area (Å²) in [6, 6.07) is 7.32. The average molecular weight is 349 g/mol. The molecule has 25 heavy (non-hydrogen) atoms. The summed E-state index contributed by atoms with van der Waals surface area (Å²) in [6.45, 7) is 3.21. The molecule has 0 bridgehead atoms. The maximum Gasteiger partial charge on any atom is 0.257 e. The molecule has 1 atom stereocenters. The number of nitrogens with two attached hydrogens (primary N) is 1. The molecule has 136 valence electrons. The van der Waals surface area contributed by atoms with E-state index < -0.39 is 23.3 Å². The largest absolute Gasteiger partial charge is 0.484 e. The molecule has 1 aromatic rings. The van der Waals surface area contributed by atoms with Crippen LogP contribution in [-0.2, 0) is 14.4 Å². The SMILES string of the molecule is Cc1ccccc1OCC(=O)NCC1(C(N)=O)CN(C(=O)C(C)O)C1. The number of para-hydroxylation sites is 1. The Morgan fingerprint density at radius 2 is 2.00 bits per heavy atom. The van der Waals surface area contributed by atoms with Gasteiger partial charge in [0.2, 0.25) is 5.91 Å². The van der Waals surface area contributed by atoms with Crippen molar-refractivity contribution in [1.82, 2.24) is 10.2 Å². The van der Waals surface area contributed by atoms with Crippen molar-refractivity contribution in [2.75, 3.05) is 26.2 Å². The van der Waals surface area contributed by atoms with E-state index in [1.807, 2.05) is 25.1 Å². The number of benzene rings is 1. The van der Waals surface area contributed by atoms with Crippen LogP contribution in [-0.4, -0.2) is 60.1 Å². The Balaban J connectivity index is 1.84. The number of aliphatic hydroxyl groups is 1. The minimum absolute atomic E-state index is 0.0158. The molecule has 0 aromatic heterocycles. The van der Waals surface area contributed by atoms with Gasteiger partial charge in [-0.1, -0.05) is 18.2 Å². The Labute approximate surface area is 145 Å². The number of primary amides is 1. The van der Waals surface area contributed by atoms with Crippen LogP contribution in [0.25, 0.3) is 0 Å². The van der Waals surface area contributed by atoms with Gasteiger partial charge < -0.3 is 25.8 Å². The molecule has 0 radical (unpaired) electrons. The fourth-order valence-corrected chi connectivity index (χ4v) is 2.64. The van der Waals surface area contributed by atoms with Crippen LogP contribution >= 0.6 is 0 Å². The number of hydrogen-bond donors (Lipinski definition) is 3. The van der Waals surface area contributed by atoms with Crippen molar-refractivity contribution in [1.29, 1.82) is 0 Å². The van der Waals surface area contributed by atoms with Crippen LogP contribution < -0.4 is 15.8 Å². The molecule has 0 spiro atoms.